The maximum Gasteiger partial charge on any atom is 0.326 e. The Morgan fingerprint density at radius 1 is 1.30 bits per heavy atom. The predicted octanol–water partition coefficient (Wildman–Crippen LogP) is 2.30. The van der Waals surface area contributed by atoms with E-state index in [1.54, 1.807) is 23.0 Å². The fourth-order valence-electron chi connectivity index (χ4n) is 2.35. The fourth-order valence-corrected chi connectivity index (χ4v) is 2.35. The molecule has 2 aromatic rings. The van der Waals surface area contributed by atoms with Gasteiger partial charge in [0, 0.05) is 18.0 Å². The standard InChI is InChI=1S/C17H21N3O3/c1-2-3-9-15(17(22)23)19-16(21)14-8-5-4-7-13(14)12-20-11-6-10-18-20/h4-8,10-11,15H,2-3,9,12H2,1H3,(H,19,21)(H,22,23)/t15-/m0/s1. The number of carboxylic acids is 1. The van der Waals surface area contributed by atoms with Crippen LogP contribution in [0.25, 0.3) is 0 Å². The monoisotopic (exact) mass is 315 g/mol. The van der Waals surface area contributed by atoms with Gasteiger partial charge in [-0.15, -0.1) is 0 Å². The maximum atomic E-state index is 12.5. The first-order valence-electron chi connectivity index (χ1n) is 7.70. The molecule has 0 bridgehead atoms. The smallest absolute Gasteiger partial charge is 0.326 e. The van der Waals surface area contributed by atoms with Crippen LogP contribution in [0.1, 0.15) is 42.1 Å². The lowest BCUT2D eigenvalue weighted by atomic mass is 10.1. The van der Waals surface area contributed by atoms with Crippen molar-refractivity contribution in [1.82, 2.24) is 15.1 Å². The number of unbranched alkanes of at least 4 members (excludes halogenated alkanes) is 1. The van der Waals surface area contributed by atoms with E-state index in [0.29, 0.717) is 18.5 Å². The first-order valence-corrected chi connectivity index (χ1v) is 7.70. The molecule has 0 radical (unpaired) electrons. The van der Waals surface area contributed by atoms with Gasteiger partial charge in [-0.1, -0.05) is 38.0 Å². The largest absolute Gasteiger partial charge is 0.480 e. The quantitative estimate of drug-likeness (QED) is 0.783. The Balaban J connectivity index is 2.13. The van der Waals surface area contributed by atoms with Gasteiger partial charge < -0.3 is 10.4 Å². The summed E-state index contributed by atoms with van der Waals surface area (Å²) < 4.78 is 1.72. The molecule has 6 nitrogen and oxygen atoms in total. The second-order valence-corrected chi connectivity index (χ2v) is 5.37. The Morgan fingerprint density at radius 2 is 2.09 bits per heavy atom. The van der Waals surface area contributed by atoms with E-state index >= 15 is 0 Å². The number of amides is 1. The lowest BCUT2D eigenvalue weighted by Crippen LogP contribution is -2.41. The number of nitrogens with one attached hydrogen (secondary N) is 1. The summed E-state index contributed by atoms with van der Waals surface area (Å²) in [5, 5.41) is 16.0. The van der Waals surface area contributed by atoms with Gasteiger partial charge in [0.25, 0.3) is 5.91 Å². The summed E-state index contributed by atoms with van der Waals surface area (Å²) >= 11 is 0. The third kappa shape index (κ3) is 4.67. The van der Waals surface area contributed by atoms with Crippen molar-refractivity contribution < 1.29 is 14.7 Å². The second-order valence-electron chi connectivity index (χ2n) is 5.37. The van der Waals surface area contributed by atoms with Crippen molar-refractivity contribution >= 4 is 11.9 Å². The van der Waals surface area contributed by atoms with Crippen LogP contribution in [0.3, 0.4) is 0 Å². The molecule has 1 amide bonds. The van der Waals surface area contributed by atoms with Crippen LogP contribution in [0.2, 0.25) is 0 Å². The highest BCUT2D eigenvalue weighted by Gasteiger charge is 2.21. The molecule has 23 heavy (non-hydrogen) atoms. The summed E-state index contributed by atoms with van der Waals surface area (Å²) in [5.74, 6) is -1.37. The van der Waals surface area contributed by atoms with Crippen LogP contribution in [0.4, 0.5) is 0 Å². The Hall–Kier alpha value is -2.63. The molecule has 1 aromatic carbocycles. The number of carboxylic acid groups (broad SMARTS) is 1. The normalized spacial score (nSPS) is 11.9. The molecule has 0 aliphatic heterocycles. The molecule has 0 aliphatic rings. The summed E-state index contributed by atoms with van der Waals surface area (Å²) in [6.45, 7) is 2.45. The highest BCUT2D eigenvalue weighted by molar-refractivity contribution is 5.97. The van der Waals surface area contributed by atoms with Gasteiger partial charge in [0.2, 0.25) is 0 Å². The van der Waals surface area contributed by atoms with Crippen molar-refractivity contribution in [3.8, 4) is 0 Å². The van der Waals surface area contributed by atoms with Crippen LogP contribution in [0, 0.1) is 0 Å². The van der Waals surface area contributed by atoms with Crippen molar-refractivity contribution in [1.29, 1.82) is 0 Å². The molecular weight excluding hydrogens is 294 g/mol. The maximum absolute atomic E-state index is 12.5. The number of hydrogen-bond donors (Lipinski definition) is 2. The Bertz CT molecular complexity index is 653. The number of aromatic nitrogens is 2. The minimum atomic E-state index is -1.00. The highest BCUT2D eigenvalue weighted by Crippen LogP contribution is 2.11. The van der Waals surface area contributed by atoms with Crippen molar-refractivity contribution in [3.63, 3.8) is 0 Å². The Kier molecular flexibility index (Phi) is 5.91. The number of aliphatic carboxylic acids is 1. The summed E-state index contributed by atoms with van der Waals surface area (Å²) in [7, 11) is 0. The van der Waals surface area contributed by atoms with Crippen LogP contribution < -0.4 is 5.32 Å². The van der Waals surface area contributed by atoms with E-state index in [4.69, 9.17) is 0 Å². The summed E-state index contributed by atoms with van der Waals surface area (Å²) in [5.41, 5.74) is 1.28. The van der Waals surface area contributed by atoms with Gasteiger partial charge in [-0.05, 0) is 24.1 Å². The molecule has 1 heterocycles. The zero-order valence-corrected chi connectivity index (χ0v) is 13.1. The third-order valence-electron chi connectivity index (χ3n) is 3.60. The van der Waals surface area contributed by atoms with E-state index in [9.17, 15) is 14.7 Å². The molecule has 0 spiro atoms. The van der Waals surface area contributed by atoms with Gasteiger partial charge >= 0.3 is 5.97 Å². The summed E-state index contributed by atoms with van der Waals surface area (Å²) in [4.78, 5) is 23.8. The molecule has 6 heteroatoms. The van der Waals surface area contributed by atoms with Crippen LogP contribution >= 0.6 is 0 Å². The van der Waals surface area contributed by atoms with E-state index in [0.717, 1.165) is 18.4 Å². The number of carbonyl (C=O) groups excluding carboxylic acids is 1. The second kappa shape index (κ2) is 8.12. The Labute approximate surface area is 135 Å². The zero-order chi connectivity index (χ0) is 16.7. The van der Waals surface area contributed by atoms with Crippen molar-refractivity contribution in [2.45, 2.75) is 38.8 Å². The predicted molar refractivity (Wildman–Crippen MR) is 86.2 cm³/mol. The molecule has 0 fully saturated rings. The van der Waals surface area contributed by atoms with Crippen molar-refractivity contribution in [3.05, 3.63) is 53.9 Å². The lowest BCUT2D eigenvalue weighted by Gasteiger charge is -2.16. The zero-order valence-electron chi connectivity index (χ0n) is 13.1. The first-order chi connectivity index (χ1) is 11.1. The van der Waals surface area contributed by atoms with Gasteiger partial charge in [0.15, 0.2) is 0 Å². The first kappa shape index (κ1) is 16.7. The van der Waals surface area contributed by atoms with Gasteiger partial charge in [-0.25, -0.2) is 4.79 Å². The third-order valence-corrected chi connectivity index (χ3v) is 3.60. The number of carbonyl (C=O) groups is 2. The molecule has 2 N–H and O–H groups in total. The molecule has 0 saturated carbocycles. The number of rotatable bonds is 8. The Morgan fingerprint density at radius 3 is 2.74 bits per heavy atom. The highest BCUT2D eigenvalue weighted by atomic mass is 16.4. The topological polar surface area (TPSA) is 84.2 Å². The summed E-state index contributed by atoms with van der Waals surface area (Å²) in [6, 6.07) is 8.12. The fraction of sp³-hybridized carbons (Fsp3) is 0.353. The number of nitrogens with zero attached hydrogens (tertiary/aromatic N) is 2. The SMILES string of the molecule is CCCC[C@H](NC(=O)c1ccccc1Cn1cccn1)C(=O)O. The van der Waals surface area contributed by atoms with Crippen LogP contribution in [-0.4, -0.2) is 32.8 Å². The van der Waals surface area contributed by atoms with E-state index < -0.39 is 12.0 Å². The lowest BCUT2D eigenvalue weighted by molar-refractivity contribution is -0.139. The molecular formula is C17H21N3O3. The number of benzene rings is 1. The molecule has 1 atom stereocenters. The van der Waals surface area contributed by atoms with E-state index in [-0.39, 0.29) is 5.91 Å². The summed E-state index contributed by atoms with van der Waals surface area (Å²) in [6.07, 6.45) is 5.56. The van der Waals surface area contributed by atoms with Gasteiger partial charge in [-0.2, -0.15) is 5.10 Å². The van der Waals surface area contributed by atoms with E-state index in [2.05, 4.69) is 10.4 Å². The molecule has 2 rings (SSSR count). The molecule has 0 aliphatic carbocycles. The van der Waals surface area contributed by atoms with Crippen molar-refractivity contribution in [2.75, 3.05) is 0 Å². The van der Waals surface area contributed by atoms with Gasteiger partial charge in [0.1, 0.15) is 6.04 Å². The van der Waals surface area contributed by atoms with E-state index in [1.807, 2.05) is 31.3 Å². The minimum Gasteiger partial charge on any atom is -0.480 e. The molecule has 122 valence electrons. The molecule has 1 aromatic heterocycles. The number of hydrogen-bond acceptors (Lipinski definition) is 3. The average molecular weight is 315 g/mol. The van der Waals surface area contributed by atoms with Gasteiger partial charge in [0.05, 0.1) is 6.54 Å². The minimum absolute atomic E-state index is 0.365. The molecule has 0 unspecified atom stereocenters. The van der Waals surface area contributed by atoms with E-state index in [1.165, 1.54) is 0 Å². The molecule has 0 saturated heterocycles. The van der Waals surface area contributed by atoms with Crippen LogP contribution in [0.15, 0.2) is 42.7 Å². The van der Waals surface area contributed by atoms with Crippen LogP contribution in [-0.2, 0) is 11.3 Å². The van der Waals surface area contributed by atoms with Crippen molar-refractivity contribution in [2.24, 2.45) is 0 Å². The van der Waals surface area contributed by atoms with Crippen LogP contribution in [0.5, 0.6) is 0 Å². The average Bonchev–Trinajstić information content (AvgIpc) is 3.04. The van der Waals surface area contributed by atoms with Gasteiger partial charge in [-0.3, -0.25) is 9.48 Å².